The third-order valence-electron chi connectivity index (χ3n) is 3.79. The summed E-state index contributed by atoms with van der Waals surface area (Å²) in [5.41, 5.74) is 6.53. The molecule has 3 atom stereocenters. The number of carbonyl (C=O) groups is 1. The van der Waals surface area contributed by atoms with Crippen LogP contribution in [0.4, 0.5) is 8.78 Å². The number of hydrogen-bond acceptors (Lipinski definition) is 3. The number of halogens is 3. The first-order valence-electron chi connectivity index (χ1n) is 7.06. The fourth-order valence-corrected chi connectivity index (χ4v) is 2.63. The van der Waals surface area contributed by atoms with Gasteiger partial charge in [0.2, 0.25) is 5.91 Å². The maximum atomic E-state index is 12.2. The van der Waals surface area contributed by atoms with E-state index in [4.69, 9.17) is 5.73 Å². The van der Waals surface area contributed by atoms with Crippen LogP contribution in [0.3, 0.4) is 0 Å². The highest BCUT2D eigenvalue weighted by molar-refractivity contribution is 5.85. The SMILES string of the molecule is CC(NC(=O)C1CCC(N)C1)c1cccc(OC(F)F)c1.Cl. The fraction of sp³-hybridized carbons (Fsp3) is 0.533. The molecule has 22 heavy (non-hydrogen) atoms. The van der Waals surface area contributed by atoms with Gasteiger partial charge in [0.1, 0.15) is 5.75 Å². The fourth-order valence-electron chi connectivity index (χ4n) is 2.63. The Kier molecular flexibility index (Phi) is 7.03. The molecule has 0 aromatic heterocycles. The molecule has 0 radical (unpaired) electrons. The zero-order valence-electron chi connectivity index (χ0n) is 12.3. The third-order valence-corrected chi connectivity index (χ3v) is 3.79. The van der Waals surface area contributed by atoms with Gasteiger partial charge in [0.05, 0.1) is 6.04 Å². The van der Waals surface area contributed by atoms with E-state index in [1.54, 1.807) is 12.1 Å². The molecule has 1 aromatic carbocycles. The number of amides is 1. The first kappa shape index (κ1) is 18.6. The highest BCUT2D eigenvalue weighted by Gasteiger charge is 2.28. The van der Waals surface area contributed by atoms with Crippen LogP contribution in [0.1, 0.15) is 37.8 Å². The lowest BCUT2D eigenvalue weighted by molar-refractivity contribution is -0.125. The normalized spacial score (nSPS) is 22.0. The molecule has 0 heterocycles. The van der Waals surface area contributed by atoms with E-state index < -0.39 is 6.61 Å². The van der Waals surface area contributed by atoms with Crippen molar-refractivity contribution in [2.75, 3.05) is 0 Å². The molecule has 1 fully saturated rings. The second kappa shape index (κ2) is 8.29. The number of alkyl halides is 2. The Hall–Kier alpha value is -1.40. The number of benzene rings is 1. The highest BCUT2D eigenvalue weighted by atomic mass is 35.5. The van der Waals surface area contributed by atoms with Crippen LogP contribution in [0.25, 0.3) is 0 Å². The molecule has 124 valence electrons. The van der Waals surface area contributed by atoms with Crippen LogP contribution in [0, 0.1) is 5.92 Å². The summed E-state index contributed by atoms with van der Waals surface area (Å²) in [7, 11) is 0. The van der Waals surface area contributed by atoms with Gasteiger partial charge in [0, 0.05) is 12.0 Å². The van der Waals surface area contributed by atoms with Gasteiger partial charge in [-0.1, -0.05) is 12.1 Å². The molecule has 0 spiro atoms. The number of ether oxygens (including phenoxy) is 1. The maximum absolute atomic E-state index is 12.2. The van der Waals surface area contributed by atoms with E-state index in [9.17, 15) is 13.6 Å². The van der Waals surface area contributed by atoms with E-state index in [-0.39, 0.29) is 42.1 Å². The Morgan fingerprint density at radius 2 is 2.14 bits per heavy atom. The second-order valence-corrected chi connectivity index (χ2v) is 5.45. The predicted molar refractivity (Wildman–Crippen MR) is 82.2 cm³/mol. The van der Waals surface area contributed by atoms with Gasteiger partial charge in [-0.3, -0.25) is 4.79 Å². The number of hydrogen-bond donors (Lipinski definition) is 2. The molecule has 1 aliphatic rings. The third kappa shape index (κ3) is 5.10. The lowest BCUT2D eigenvalue weighted by atomic mass is 10.0. The Balaban J connectivity index is 0.00000242. The van der Waals surface area contributed by atoms with E-state index in [2.05, 4.69) is 10.1 Å². The number of rotatable bonds is 5. The van der Waals surface area contributed by atoms with Crippen LogP contribution >= 0.6 is 12.4 Å². The van der Waals surface area contributed by atoms with Gasteiger partial charge in [-0.25, -0.2) is 0 Å². The molecule has 1 amide bonds. The lowest BCUT2D eigenvalue weighted by Gasteiger charge is -2.18. The molecule has 0 aliphatic heterocycles. The van der Waals surface area contributed by atoms with Gasteiger partial charge in [-0.15, -0.1) is 12.4 Å². The predicted octanol–water partition coefficient (Wildman–Crippen LogP) is 3.01. The van der Waals surface area contributed by atoms with E-state index in [1.165, 1.54) is 12.1 Å². The maximum Gasteiger partial charge on any atom is 0.387 e. The quantitative estimate of drug-likeness (QED) is 0.870. The van der Waals surface area contributed by atoms with Crippen molar-refractivity contribution in [2.45, 2.75) is 44.9 Å². The monoisotopic (exact) mass is 334 g/mol. The topological polar surface area (TPSA) is 64.4 Å². The van der Waals surface area contributed by atoms with Gasteiger partial charge in [-0.2, -0.15) is 8.78 Å². The molecule has 0 saturated heterocycles. The Bertz CT molecular complexity index is 502. The van der Waals surface area contributed by atoms with Crippen molar-refractivity contribution in [3.8, 4) is 5.75 Å². The molecule has 1 aromatic rings. The molecule has 7 heteroatoms. The summed E-state index contributed by atoms with van der Waals surface area (Å²) >= 11 is 0. The smallest absolute Gasteiger partial charge is 0.387 e. The zero-order valence-corrected chi connectivity index (χ0v) is 13.1. The Morgan fingerprint density at radius 1 is 1.41 bits per heavy atom. The molecule has 0 bridgehead atoms. The van der Waals surface area contributed by atoms with Crippen LogP contribution in [-0.4, -0.2) is 18.6 Å². The zero-order chi connectivity index (χ0) is 15.4. The molecule has 4 nitrogen and oxygen atoms in total. The summed E-state index contributed by atoms with van der Waals surface area (Å²) in [5.74, 6) is 0.00469. The van der Waals surface area contributed by atoms with Crippen LogP contribution in [-0.2, 0) is 4.79 Å². The van der Waals surface area contributed by atoms with E-state index in [0.29, 0.717) is 6.42 Å². The summed E-state index contributed by atoms with van der Waals surface area (Å²) in [6.45, 7) is -1.04. The number of carbonyl (C=O) groups excluding carboxylic acids is 1. The van der Waals surface area contributed by atoms with Crippen molar-refractivity contribution >= 4 is 18.3 Å². The van der Waals surface area contributed by atoms with Crippen LogP contribution in [0.5, 0.6) is 5.75 Å². The van der Waals surface area contributed by atoms with E-state index in [1.807, 2.05) is 6.92 Å². The largest absolute Gasteiger partial charge is 0.435 e. The van der Waals surface area contributed by atoms with Crippen molar-refractivity contribution < 1.29 is 18.3 Å². The second-order valence-electron chi connectivity index (χ2n) is 5.45. The van der Waals surface area contributed by atoms with Crippen molar-refractivity contribution in [3.63, 3.8) is 0 Å². The van der Waals surface area contributed by atoms with E-state index in [0.717, 1.165) is 18.4 Å². The summed E-state index contributed by atoms with van der Waals surface area (Å²) in [4.78, 5) is 12.1. The lowest BCUT2D eigenvalue weighted by Crippen LogP contribution is -2.32. The number of nitrogens with two attached hydrogens (primary N) is 1. The molecular formula is C15H21ClF2N2O2. The minimum atomic E-state index is -2.86. The van der Waals surface area contributed by atoms with Crippen LogP contribution in [0.15, 0.2) is 24.3 Å². The van der Waals surface area contributed by atoms with Crippen molar-refractivity contribution in [2.24, 2.45) is 11.7 Å². The Morgan fingerprint density at radius 3 is 2.73 bits per heavy atom. The van der Waals surface area contributed by atoms with Crippen molar-refractivity contribution in [1.82, 2.24) is 5.32 Å². The first-order valence-corrected chi connectivity index (χ1v) is 7.06. The molecular weight excluding hydrogens is 314 g/mol. The summed E-state index contributed by atoms with van der Waals surface area (Å²) in [6, 6.07) is 6.19. The molecule has 2 rings (SSSR count). The van der Waals surface area contributed by atoms with E-state index >= 15 is 0 Å². The van der Waals surface area contributed by atoms with Gasteiger partial charge in [-0.05, 0) is 43.9 Å². The average Bonchev–Trinajstić information content (AvgIpc) is 2.85. The highest BCUT2D eigenvalue weighted by Crippen LogP contribution is 2.26. The minimum absolute atomic E-state index is 0. The molecule has 3 unspecified atom stereocenters. The molecule has 1 saturated carbocycles. The number of nitrogens with one attached hydrogen (secondary N) is 1. The standard InChI is InChI=1S/C15H20F2N2O2.ClH/c1-9(19-14(20)11-5-6-12(18)7-11)10-3-2-4-13(8-10)21-15(16)17;/h2-4,8-9,11-12,15H,5-7,18H2,1H3,(H,19,20);1H. The minimum Gasteiger partial charge on any atom is -0.435 e. The van der Waals surface area contributed by atoms with Gasteiger partial charge < -0.3 is 15.8 Å². The molecule has 3 N–H and O–H groups in total. The summed E-state index contributed by atoms with van der Waals surface area (Å²) in [6.07, 6.45) is 2.37. The average molecular weight is 335 g/mol. The van der Waals surface area contributed by atoms with Crippen LogP contribution < -0.4 is 15.8 Å². The van der Waals surface area contributed by atoms with Crippen molar-refractivity contribution in [3.05, 3.63) is 29.8 Å². The van der Waals surface area contributed by atoms with Gasteiger partial charge >= 0.3 is 6.61 Å². The molecule has 1 aliphatic carbocycles. The Labute approximate surface area is 134 Å². The first-order chi connectivity index (χ1) is 9.95. The summed E-state index contributed by atoms with van der Waals surface area (Å²) < 4.78 is 28.8. The van der Waals surface area contributed by atoms with Crippen molar-refractivity contribution in [1.29, 1.82) is 0 Å². The summed E-state index contributed by atoms with van der Waals surface area (Å²) in [5, 5.41) is 2.90. The van der Waals surface area contributed by atoms with Gasteiger partial charge in [0.25, 0.3) is 0 Å². The van der Waals surface area contributed by atoms with Gasteiger partial charge in [0.15, 0.2) is 0 Å². The van der Waals surface area contributed by atoms with Crippen LogP contribution in [0.2, 0.25) is 0 Å².